The number of amides is 2. The van der Waals surface area contributed by atoms with Gasteiger partial charge in [0.25, 0.3) is 5.91 Å². The Morgan fingerprint density at radius 2 is 1.59 bits per heavy atom. The first kappa shape index (κ1) is 15.7. The van der Waals surface area contributed by atoms with Crippen LogP contribution in [0.1, 0.15) is 27.9 Å². The fourth-order valence-corrected chi connectivity index (χ4v) is 1.88. The Balaban J connectivity index is 1.76. The molecule has 0 bridgehead atoms. The lowest BCUT2D eigenvalue weighted by Crippen LogP contribution is -2.41. The zero-order valence-corrected chi connectivity index (χ0v) is 12.2. The molecule has 114 valence electrons. The number of hydrogen-bond donors (Lipinski definition) is 2. The molecule has 0 spiro atoms. The lowest BCUT2D eigenvalue weighted by atomic mass is 10.1. The molecule has 22 heavy (non-hydrogen) atoms. The summed E-state index contributed by atoms with van der Waals surface area (Å²) in [4.78, 5) is 23.5. The lowest BCUT2D eigenvalue weighted by Gasteiger charge is -2.07. The fraction of sp³-hybridized carbons (Fsp3) is 0.176. The van der Waals surface area contributed by atoms with Crippen LogP contribution in [0.2, 0.25) is 0 Å². The highest BCUT2D eigenvalue weighted by Gasteiger charge is 2.07. The second-order valence-corrected chi connectivity index (χ2v) is 4.99. The highest BCUT2D eigenvalue weighted by molar-refractivity contribution is 5.95. The van der Waals surface area contributed by atoms with E-state index in [1.807, 2.05) is 19.1 Å². The Labute approximate surface area is 128 Å². The van der Waals surface area contributed by atoms with E-state index in [2.05, 4.69) is 10.9 Å². The van der Waals surface area contributed by atoms with Gasteiger partial charge in [-0.2, -0.15) is 0 Å². The standard InChI is InChI=1S/C17H17FN2O2/c1-12-2-7-14(8-3-12)17(22)20-19-16(21)11-6-13-4-9-15(18)10-5-13/h2-5,7-10H,6,11H2,1H3,(H,19,21)(H,20,22). The Morgan fingerprint density at radius 3 is 2.23 bits per heavy atom. The van der Waals surface area contributed by atoms with E-state index in [0.29, 0.717) is 12.0 Å². The van der Waals surface area contributed by atoms with Gasteiger partial charge in [-0.25, -0.2) is 4.39 Å². The van der Waals surface area contributed by atoms with Gasteiger partial charge in [-0.15, -0.1) is 0 Å². The van der Waals surface area contributed by atoms with Gasteiger partial charge in [0.05, 0.1) is 0 Å². The monoisotopic (exact) mass is 300 g/mol. The van der Waals surface area contributed by atoms with Crippen LogP contribution in [0.15, 0.2) is 48.5 Å². The van der Waals surface area contributed by atoms with Gasteiger partial charge in [-0.05, 0) is 43.2 Å². The number of aryl methyl sites for hydroxylation is 2. The number of halogens is 1. The maximum absolute atomic E-state index is 12.8. The van der Waals surface area contributed by atoms with Crippen molar-refractivity contribution in [2.24, 2.45) is 0 Å². The van der Waals surface area contributed by atoms with Crippen LogP contribution in [0.4, 0.5) is 4.39 Å². The van der Waals surface area contributed by atoms with Crippen molar-refractivity contribution in [3.05, 3.63) is 71.0 Å². The molecule has 2 N–H and O–H groups in total. The van der Waals surface area contributed by atoms with E-state index < -0.39 is 0 Å². The quantitative estimate of drug-likeness (QED) is 0.853. The maximum Gasteiger partial charge on any atom is 0.269 e. The van der Waals surface area contributed by atoms with Gasteiger partial charge < -0.3 is 0 Å². The molecule has 0 aliphatic carbocycles. The van der Waals surface area contributed by atoms with Crippen LogP contribution in [0.3, 0.4) is 0 Å². The van der Waals surface area contributed by atoms with Gasteiger partial charge in [0.2, 0.25) is 5.91 Å². The Bertz CT molecular complexity index is 651. The molecule has 0 saturated carbocycles. The van der Waals surface area contributed by atoms with Crippen LogP contribution in [0.5, 0.6) is 0 Å². The molecule has 0 saturated heterocycles. The molecule has 2 amide bonds. The van der Waals surface area contributed by atoms with Crippen molar-refractivity contribution in [2.75, 3.05) is 0 Å². The Morgan fingerprint density at radius 1 is 0.955 bits per heavy atom. The second-order valence-electron chi connectivity index (χ2n) is 4.99. The number of rotatable bonds is 4. The molecule has 0 heterocycles. The van der Waals surface area contributed by atoms with Crippen molar-refractivity contribution in [3.63, 3.8) is 0 Å². The summed E-state index contributed by atoms with van der Waals surface area (Å²) in [7, 11) is 0. The first-order valence-electron chi connectivity index (χ1n) is 6.95. The second kappa shape index (κ2) is 7.36. The summed E-state index contributed by atoms with van der Waals surface area (Å²) in [5.74, 6) is -0.974. The van der Waals surface area contributed by atoms with Crippen LogP contribution in [-0.2, 0) is 11.2 Å². The predicted octanol–water partition coefficient (Wildman–Crippen LogP) is 2.53. The van der Waals surface area contributed by atoms with E-state index in [0.717, 1.165) is 11.1 Å². The topological polar surface area (TPSA) is 58.2 Å². The van der Waals surface area contributed by atoms with Gasteiger partial charge in [-0.1, -0.05) is 29.8 Å². The van der Waals surface area contributed by atoms with Crippen LogP contribution < -0.4 is 10.9 Å². The minimum Gasteiger partial charge on any atom is -0.273 e. The molecule has 0 aliphatic heterocycles. The van der Waals surface area contributed by atoms with Gasteiger partial charge in [0, 0.05) is 12.0 Å². The van der Waals surface area contributed by atoms with Crippen LogP contribution in [0.25, 0.3) is 0 Å². The third kappa shape index (κ3) is 4.70. The van der Waals surface area contributed by atoms with Crippen molar-refractivity contribution in [3.8, 4) is 0 Å². The molecule has 2 rings (SSSR count). The average molecular weight is 300 g/mol. The molecule has 2 aromatic carbocycles. The summed E-state index contributed by atoms with van der Waals surface area (Å²) in [6, 6.07) is 13.0. The van der Waals surface area contributed by atoms with Crippen LogP contribution in [0, 0.1) is 12.7 Å². The average Bonchev–Trinajstić information content (AvgIpc) is 2.52. The highest BCUT2D eigenvalue weighted by Crippen LogP contribution is 2.05. The molecular weight excluding hydrogens is 283 g/mol. The molecular formula is C17H17FN2O2. The van der Waals surface area contributed by atoms with E-state index in [1.165, 1.54) is 12.1 Å². The summed E-state index contributed by atoms with van der Waals surface area (Å²) in [6.45, 7) is 1.93. The van der Waals surface area contributed by atoms with Crippen LogP contribution in [-0.4, -0.2) is 11.8 Å². The summed E-state index contributed by atoms with van der Waals surface area (Å²) in [6.07, 6.45) is 0.687. The first-order chi connectivity index (χ1) is 10.5. The van der Waals surface area contributed by atoms with Crippen molar-refractivity contribution in [1.29, 1.82) is 0 Å². The molecule has 0 fully saturated rings. The maximum atomic E-state index is 12.8. The first-order valence-corrected chi connectivity index (χ1v) is 6.95. The highest BCUT2D eigenvalue weighted by atomic mass is 19.1. The van der Waals surface area contributed by atoms with Crippen molar-refractivity contribution in [2.45, 2.75) is 19.8 Å². The molecule has 0 aromatic heterocycles. The molecule has 4 nitrogen and oxygen atoms in total. The van der Waals surface area contributed by atoms with E-state index in [4.69, 9.17) is 0 Å². The summed E-state index contributed by atoms with van der Waals surface area (Å²) < 4.78 is 12.8. The van der Waals surface area contributed by atoms with Crippen molar-refractivity contribution in [1.82, 2.24) is 10.9 Å². The molecule has 0 unspecified atom stereocenters. The van der Waals surface area contributed by atoms with Gasteiger partial charge in [0.15, 0.2) is 0 Å². The van der Waals surface area contributed by atoms with E-state index in [9.17, 15) is 14.0 Å². The number of carbonyl (C=O) groups excluding carboxylic acids is 2. The van der Waals surface area contributed by atoms with Gasteiger partial charge >= 0.3 is 0 Å². The number of hydrogen-bond acceptors (Lipinski definition) is 2. The fourth-order valence-electron chi connectivity index (χ4n) is 1.88. The number of benzene rings is 2. The van der Waals surface area contributed by atoms with Crippen molar-refractivity contribution >= 4 is 11.8 Å². The Hall–Kier alpha value is -2.69. The van der Waals surface area contributed by atoms with Gasteiger partial charge in [-0.3, -0.25) is 20.4 Å². The third-order valence-corrected chi connectivity index (χ3v) is 3.18. The van der Waals surface area contributed by atoms with E-state index in [-0.39, 0.29) is 24.1 Å². The molecule has 0 aliphatic rings. The molecule has 5 heteroatoms. The largest absolute Gasteiger partial charge is 0.273 e. The number of nitrogens with one attached hydrogen (secondary N) is 2. The molecule has 0 atom stereocenters. The summed E-state index contributed by atoms with van der Waals surface area (Å²) in [5.41, 5.74) is 7.12. The zero-order valence-electron chi connectivity index (χ0n) is 12.2. The zero-order chi connectivity index (χ0) is 15.9. The number of carbonyl (C=O) groups is 2. The molecule has 0 radical (unpaired) electrons. The van der Waals surface area contributed by atoms with Crippen molar-refractivity contribution < 1.29 is 14.0 Å². The minimum atomic E-state index is -0.366. The number of hydrazine groups is 1. The minimum absolute atomic E-state index is 0.208. The summed E-state index contributed by atoms with van der Waals surface area (Å²) >= 11 is 0. The van der Waals surface area contributed by atoms with E-state index in [1.54, 1.807) is 24.3 Å². The molecule has 2 aromatic rings. The Kier molecular flexibility index (Phi) is 5.25. The van der Waals surface area contributed by atoms with Gasteiger partial charge in [0.1, 0.15) is 5.82 Å². The normalized spacial score (nSPS) is 10.1. The van der Waals surface area contributed by atoms with Crippen LogP contribution >= 0.6 is 0 Å². The smallest absolute Gasteiger partial charge is 0.269 e. The lowest BCUT2D eigenvalue weighted by molar-refractivity contribution is -0.121. The summed E-state index contributed by atoms with van der Waals surface area (Å²) in [5, 5.41) is 0. The SMILES string of the molecule is Cc1ccc(C(=O)NNC(=O)CCc2ccc(F)cc2)cc1. The van der Waals surface area contributed by atoms with E-state index >= 15 is 0 Å². The predicted molar refractivity (Wildman–Crippen MR) is 81.5 cm³/mol. The third-order valence-electron chi connectivity index (χ3n) is 3.18.